The van der Waals surface area contributed by atoms with Crippen LogP contribution >= 0.6 is 0 Å². The Morgan fingerprint density at radius 2 is 0.867 bits per heavy atom. The number of hydrogen-bond acceptors (Lipinski definition) is 2. The second-order valence-corrected chi connectivity index (χ2v) is 7.63. The molecule has 150 valence electrons. The van der Waals surface area contributed by atoms with E-state index in [1.54, 1.807) is 0 Å². The van der Waals surface area contributed by atoms with E-state index in [0.717, 1.165) is 46.5 Å². The highest BCUT2D eigenvalue weighted by molar-refractivity contribution is 5.88. The van der Waals surface area contributed by atoms with Crippen molar-refractivity contribution in [2.45, 2.75) is 26.7 Å². The van der Waals surface area contributed by atoms with E-state index in [9.17, 15) is 0 Å². The van der Waals surface area contributed by atoms with Crippen molar-refractivity contribution >= 4 is 11.4 Å². The molecule has 0 aliphatic carbocycles. The molecule has 0 radical (unpaired) electrons. The molecule has 4 rings (SSSR count). The molecule has 0 bridgehead atoms. The highest BCUT2D eigenvalue weighted by Gasteiger charge is 2.14. The number of rotatable bonds is 5. The molecule has 0 heterocycles. The van der Waals surface area contributed by atoms with Gasteiger partial charge < -0.3 is 11.5 Å². The van der Waals surface area contributed by atoms with Crippen molar-refractivity contribution in [3.8, 4) is 33.4 Å². The van der Waals surface area contributed by atoms with Gasteiger partial charge in [-0.3, -0.25) is 0 Å². The summed E-state index contributed by atoms with van der Waals surface area (Å²) in [4.78, 5) is 0. The van der Waals surface area contributed by atoms with Crippen LogP contribution in [0.1, 0.15) is 25.0 Å². The maximum absolute atomic E-state index is 6.55. The van der Waals surface area contributed by atoms with E-state index in [-0.39, 0.29) is 0 Å². The first-order valence-corrected chi connectivity index (χ1v) is 10.6. The Hall–Kier alpha value is -3.52. The second-order valence-electron chi connectivity index (χ2n) is 7.63. The van der Waals surface area contributed by atoms with Crippen LogP contribution in [0.4, 0.5) is 11.4 Å². The molecule has 2 heteroatoms. The van der Waals surface area contributed by atoms with E-state index < -0.39 is 0 Å². The Kier molecular flexibility index (Phi) is 5.58. The zero-order chi connectivity index (χ0) is 21.1. The summed E-state index contributed by atoms with van der Waals surface area (Å²) in [6.07, 6.45) is 1.78. The molecule has 0 amide bonds. The molecule has 0 fully saturated rings. The molecule has 0 saturated carbocycles. The lowest BCUT2D eigenvalue weighted by Gasteiger charge is -2.17. The van der Waals surface area contributed by atoms with Crippen molar-refractivity contribution in [1.82, 2.24) is 0 Å². The van der Waals surface area contributed by atoms with Crippen molar-refractivity contribution in [3.05, 3.63) is 96.1 Å². The average molecular weight is 393 g/mol. The summed E-state index contributed by atoms with van der Waals surface area (Å²) in [5.74, 6) is 0. The lowest BCUT2D eigenvalue weighted by atomic mass is 9.89. The summed E-state index contributed by atoms with van der Waals surface area (Å²) >= 11 is 0. The zero-order valence-corrected chi connectivity index (χ0v) is 17.7. The van der Waals surface area contributed by atoms with Gasteiger partial charge in [-0.05, 0) is 70.5 Å². The Balaban J connectivity index is 1.94. The fourth-order valence-electron chi connectivity index (χ4n) is 4.06. The number of aryl methyl sites for hydroxylation is 2. The molecular formula is C28H28N2. The minimum absolute atomic E-state index is 0.863. The van der Waals surface area contributed by atoms with Crippen molar-refractivity contribution < 1.29 is 0 Å². The van der Waals surface area contributed by atoms with Crippen LogP contribution in [-0.4, -0.2) is 0 Å². The summed E-state index contributed by atoms with van der Waals surface area (Å²) in [5.41, 5.74) is 24.0. The minimum Gasteiger partial charge on any atom is -0.398 e. The number of benzene rings is 4. The summed E-state index contributed by atoms with van der Waals surface area (Å²) < 4.78 is 0. The quantitative estimate of drug-likeness (QED) is 0.360. The summed E-state index contributed by atoms with van der Waals surface area (Å²) in [5, 5.41) is 0. The van der Waals surface area contributed by atoms with Crippen molar-refractivity contribution in [2.24, 2.45) is 0 Å². The first-order chi connectivity index (χ1) is 14.6. The van der Waals surface area contributed by atoms with Gasteiger partial charge in [-0.25, -0.2) is 0 Å². The van der Waals surface area contributed by atoms with E-state index in [1.807, 2.05) is 12.1 Å². The normalized spacial score (nSPS) is 10.9. The molecule has 0 atom stereocenters. The van der Waals surface area contributed by atoms with Gasteiger partial charge in [0.05, 0.1) is 0 Å². The van der Waals surface area contributed by atoms with Crippen LogP contribution < -0.4 is 11.5 Å². The maximum atomic E-state index is 6.55. The van der Waals surface area contributed by atoms with Crippen LogP contribution in [-0.2, 0) is 12.8 Å². The predicted octanol–water partition coefficient (Wildman–Crippen LogP) is 6.98. The Labute approximate surface area is 179 Å². The van der Waals surface area contributed by atoms with Crippen LogP contribution in [0.3, 0.4) is 0 Å². The van der Waals surface area contributed by atoms with Gasteiger partial charge in [0.15, 0.2) is 0 Å². The zero-order valence-electron chi connectivity index (χ0n) is 17.7. The third-order valence-electron chi connectivity index (χ3n) is 5.80. The van der Waals surface area contributed by atoms with E-state index in [0.29, 0.717) is 0 Å². The van der Waals surface area contributed by atoms with Crippen LogP contribution in [0.5, 0.6) is 0 Å². The third kappa shape index (κ3) is 3.69. The fraction of sp³-hybridized carbons (Fsp3) is 0.143. The monoisotopic (exact) mass is 392 g/mol. The van der Waals surface area contributed by atoms with Gasteiger partial charge in [-0.2, -0.15) is 0 Å². The van der Waals surface area contributed by atoms with Gasteiger partial charge in [0.1, 0.15) is 0 Å². The van der Waals surface area contributed by atoms with Gasteiger partial charge >= 0.3 is 0 Å². The number of nitrogen functional groups attached to an aromatic ring is 2. The molecule has 2 nitrogen and oxygen atoms in total. The van der Waals surface area contributed by atoms with E-state index in [2.05, 4.69) is 86.6 Å². The molecule has 0 spiro atoms. The average Bonchev–Trinajstić information content (AvgIpc) is 2.80. The highest BCUT2D eigenvalue weighted by Crippen LogP contribution is 2.38. The summed E-state index contributed by atoms with van der Waals surface area (Å²) in [7, 11) is 0. The van der Waals surface area contributed by atoms with E-state index in [1.165, 1.54) is 22.3 Å². The molecule has 4 aromatic rings. The first kappa shape index (κ1) is 19.8. The van der Waals surface area contributed by atoms with Crippen LogP contribution in [0.15, 0.2) is 84.9 Å². The van der Waals surface area contributed by atoms with Gasteiger partial charge in [-0.1, -0.05) is 74.5 Å². The smallest absolute Gasteiger partial charge is 0.0426 e. The standard InChI is InChI=1S/C28H28N2/c1-3-19-15-23(17-25(27(19)29)21-11-7-5-8-12-21)24-16-20(4-2)28(30)26(18-24)22-13-9-6-10-14-22/h5-18H,3-4,29-30H2,1-2H3. The number of anilines is 2. The topological polar surface area (TPSA) is 52.0 Å². The molecular weight excluding hydrogens is 364 g/mol. The number of hydrogen-bond donors (Lipinski definition) is 2. The molecule has 0 aromatic heterocycles. The van der Waals surface area contributed by atoms with Gasteiger partial charge in [0, 0.05) is 22.5 Å². The highest BCUT2D eigenvalue weighted by atomic mass is 14.6. The minimum atomic E-state index is 0.863. The maximum Gasteiger partial charge on any atom is 0.0426 e. The molecule has 0 saturated heterocycles. The molecule has 0 aliphatic rings. The van der Waals surface area contributed by atoms with Gasteiger partial charge in [-0.15, -0.1) is 0 Å². The van der Waals surface area contributed by atoms with Crippen LogP contribution in [0.2, 0.25) is 0 Å². The summed E-state index contributed by atoms with van der Waals surface area (Å²) in [6.45, 7) is 4.31. The van der Waals surface area contributed by atoms with Crippen LogP contribution in [0, 0.1) is 0 Å². The van der Waals surface area contributed by atoms with E-state index >= 15 is 0 Å². The van der Waals surface area contributed by atoms with Crippen molar-refractivity contribution in [2.75, 3.05) is 11.5 Å². The third-order valence-corrected chi connectivity index (χ3v) is 5.80. The van der Waals surface area contributed by atoms with Gasteiger partial charge in [0.2, 0.25) is 0 Å². The lowest BCUT2D eigenvalue weighted by Crippen LogP contribution is -2.00. The lowest BCUT2D eigenvalue weighted by molar-refractivity contribution is 1.14. The molecule has 0 aliphatic heterocycles. The number of nitrogens with two attached hydrogens (primary N) is 2. The van der Waals surface area contributed by atoms with Crippen molar-refractivity contribution in [1.29, 1.82) is 0 Å². The molecule has 4 aromatic carbocycles. The first-order valence-electron chi connectivity index (χ1n) is 10.6. The van der Waals surface area contributed by atoms with Crippen LogP contribution in [0.25, 0.3) is 33.4 Å². The largest absolute Gasteiger partial charge is 0.398 e. The van der Waals surface area contributed by atoms with Crippen molar-refractivity contribution in [3.63, 3.8) is 0 Å². The Bertz CT molecular complexity index is 1070. The molecule has 4 N–H and O–H groups in total. The van der Waals surface area contributed by atoms with Gasteiger partial charge in [0.25, 0.3) is 0 Å². The van der Waals surface area contributed by atoms with E-state index in [4.69, 9.17) is 11.5 Å². The molecule has 0 unspecified atom stereocenters. The Morgan fingerprint density at radius 3 is 1.20 bits per heavy atom. The SMILES string of the molecule is CCc1cc(-c2cc(CC)c(N)c(-c3ccccc3)c2)cc(-c2ccccc2)c1N. The second kappa shape index (κ2) is 8.46. The molecule has 30 heavy (non-hydrogen) atoms. The fourth-order valence-corrected chi connectivity index (χ4v) is 4.06. The summed E-state index contributed by atoms with van der Waals surface area (Å²) in [6, 6.07) is 29.6. The Morgan fingerprint density at radius 1 is 0.500 bits per heavy atom. The predicted molar refractivity (Wildman–Crippen MR) is 130 cm³/mol.